The zero-order chi connectivity index (χ0) is 17.2. The van der Waals surface area contributed by atoms with Crippen LogP contribution in [0.1, 0.15) is 33.6 Å². The second-order valence-electron chi connectivity index (χ2n) is 7.74. The SMILES string of the molecule is CC(C)(C)C(=O)O[C@@H]1C2[C@H]3CC(CN2C(=O)CC(F)(F)F)CN31. The van der Waals surface area contributed by atoms with Crippen LogP contribution in [0.25, 0.3) is 0 Å². The van der Waals surface area contributed by atoms with Gasteiger partial charge in [-0.25, -0.2) is 0 Å². The first-order chi connectivity index (χ1) is 10.5. The van der Waals surface area contributed by atoms with E-state index in [-0.39, 0.29) is 12.0 Å². The summed E-state index contributed by atoms with van der Waals surface area (Å²) in [6.07, 6.45) is -5.74. The Kier molecular flexibility index (Phi) is 3.66. The Morgan fingerprint density at radius 1 is 1.17 bits per heavy atom. The van der Waals surface area contributed by atoms with Crippen molar-refractivity contribution in [1.29, 1.82) is 0 Å². The van der Waals surface area contributed by atoms with Crippen molar-refractivity contribution in [2.45, 2.75) is 58.1 Å². The van der Waals surface area contributed by atoms with E-state index in [0.29, 0.717) is 13.1 Å². The molecule has 5 nitrogen and oxygen atoms in total. The topological polar surface area (TPSA) is 49.9 Å². The minimum absolute atomic E-state index is 0.0173. The van der Waals surface area contributed by atoms with E-state index in [0.717, 1.165) is 6.42 Å². The summed E-state index contributed by atoms with van der Waals surface area (Å²) in [5.41, 5.74) is -0.691. The molecule has 3 aliphatic heterocycles. The molecule has 0 spiro atoms. The summed E-state index contributed by atoms with van der Waals surface area (Å²) < 4.78 is 43.1. The summed E-state index contributed by atoms with van der Waals surface area (Å²) in [4.78, 5) is 27.4. The van der Waals surface area contributed by atoms with Gasteiger partial charge >= 0.3 is 12.1 Å². The first-order valence-corrected chi connectivity index (χ1v) is 7.80. The van der Waals surface area contributed by atoms with Crippen LogP contribution < -0.4 is 0 Å². The van der Waals surface area contributed by atoms with Gasteiger partial charge in [0.1, 0.15) is 6.42 Å². The summed E-state index contributed by atoms with van der Waals surface area (Å²) >= 11 is 0. The third-order valence-electron chi connectivity index (χ3n) is 4.81. The molecule has 2 unspecified atom stereocenters. The number of piperidine rings is 1. The van der Waals surface area contributed by atoms with Crippen molar-refractivity contribution >= 4 is 11.9 Å². The second kappa shape index (κ2) is 5.09. The number of halogens is 3. The van der Waals surface area contributed by atoms with Gasteiger partial charge in [0.05, 0.1) is 11.5 Å². The largest absolute Gasteiger partial charge is 0.444 e. The lowest BCUT2D eigenvalue weighted by Gasteiger charge is -2.55. The summed E-state index contributed by atoms with van der Waals surface area (Å²) in [6.45, 7) is 6.15. The van der Waals surface area contributed by atoms with Crippen LogP contribution in [0.2, 0.25) is 0 Å². The maximum absolute atomic E-state index is 12.5. The Labute approximate surface area is 132 Å². The molecule has 0 N–H and O–H groups in total. The monoisotopic (exact) mass is 334 g/mol. The van der Waals surface area contributed by atoms with Gasteiger partial charge in [-0.3, -0.25) is 14.5 Å². The first-order valence-electron chi connectivity index (χ1n) is 7.80. The highest BCUT2D eigenvalue weighted by molar-refractivity contribution is 5.78. The number of ether oxygens (including phenoxy) is 1. The maximum Gasteiger partial charge on any atom is 0.397 e. The standard InChI is InChI=1S/C15H21F3N2O3/c1-14(2,3)13(22)23-12-11-9-4-8(6-19(9)12)7-20(11)10(21)5-15(16,17)18/h8-9,11-12H,4-7H2,1-3H3/t8?,9-,11?,12-/m1/s1. The van der Waals surface area contributed by atoms with Gasteiger partial charge in [-0.2, -0.15) is 13.2 Å². The quantitative estimate of drug-likeness (QED) is 0.722. The molecule has 0 aliphatic carbocycles. The summed E-state index contributed by atoms with van der Waals surface area (Å²) in [5.74, 6) is -1.16. The molecule has 2 bridgehead atoms. The highest BCUT2D eigenvalue weighted by Crippen LogP contribution is 2.46. The van der Waals surface area contributed by atoms with Crippen LogP contribution in [0.5, 0.6) is 0 Å². The van der Waals surface area contributed by atoms with Gasteiger partial charge in [-0.05, 0) is 33.1 Å². The Bertz CT molecular complexity index is 529. The molecule has 23 heavy (non-hydrogen) atoms. The fourth-order valence-electron chi connectivity index (χ4n) is 3.76. The summed E-state index contributed by atoms with van der Waals surface area (Å²) in [7, 11) is 0. The number of hydrogen-bond acceptors (Lipinski definition) is 4. The second-order valence-corrected chi connectivity index (χ2v) is 7.74. The number of likely N-dealkylation sites (tertiary alicyclic amines) is 1. The Balaban J connectivity index is 1.74. The van der Waals surface area contributed by atoms with Gasteiger partial charge in [0, 0.05) is 19.1 Å². The molecule has 8 heteroatoms. The number of alkyl halides is 3. The fourth-order valence-corrected chi connectivity index (χ4v) is 3.76. The Morgan fingerprint density at radius 3 is 2.39 bits per heavy atom. The number of rotatable bonds is 2. The van der Waals surface area contributed by atoms with E-state index in [1.165, 1.54) is 4.90 Å². The molecule has 0 aromatic carbocycles. The molecule has 0 aromatic heterocycles. The van der Waals surface area contributed by atoms with Crippen molar-refractivity contribution in [3.8, 4) is 0 Å². The molecule has 0 radical (unpaired) electrons. The Hall–Kier alpha value is -1.31. The smallest absolute Gasteiger partial charge is 0.397 e. The first kappa shape index (κ1) is 16.5. The van der Waals surface area contributed by atoms with E-state index in [1.807, 2.05) is 4.90 Å². The van der Waals surface area contributed by atoms with Crippen molar-refractivity contribution < 1.29 is 27.5 Å². The molecule has 3 heterocycles. The lowest BCUT2D eigenvalue weighted by atomic mass is 9.86. The zero-order valence-electron chi connectivity index (χ0n) is 13.4. The van der Waals surface area contributed by atoms with Crippen LogP contribution in [0.4, 0.5) is 13.2 Å². The molecule has 130 valence electrons. The predicted molar refractivity (Wildman–Crippen MR) is 74.1 cm³/mol. The summed E-state index contributed by atoms with van der Waals surface area (Å²) in [6, 6.07) is -0.432. The van der Waals surface area contributed by atoms with Gasteiger partial charge in [0.2, 0.25) is 5.91 Å². The number of carbonyl (C=O) groups is 2. The van der Waals surface area contributed by atoms with E-state index >= 15 is 0 Å². The molecular weight excluding hydrogens is 313 g/mol. The lowest BCUT2D eigenvalue weighted by molar-refractivity contribution is -0.215. The number of carbonyl (C=O) groups excluding carboxylic acids is 2. The maximum atomic E-state index is 12.5. The van der Waals surface area contributed by atoms with Crippen molar-refractivity contribution in [3.63, 3.8) is 0 Å². The third kappa shape index (κ3) is 2.93. The minimum atomic E-state index is -4.52. The van der Waals surface area contributed by atoms with Crippen LogP contribution in [-0.2, 0) is 14.3 Å². The van der Waals surface area contributed by atoms with Crippen LogP contribution >= 0.6 is 0 Å². The molecule has 1 amide bonds. The highest BCUT2D eigenvalue weighted by Gasteiger charge is 2.62. The highest BCUT2D eigenvalue weighted by atomic mass is 19.4. The van der Waals surface area contributed by atoms with Gasteiger partial charge in [-0.15, -0.1) is 0 Å². The van der Waals surface area contributed by atoms with E-state index < -0.39 is 42.2 Å². The molecule has 3 rings (SSSR count). The molecule has 3 saturated heterocycles. The van der Waals surface area contributed by atoms with E-state index in [1.54, 1.807) is 20.8 Å². The molecule has 0 saturated carbocycles. The molecule has 4 atom stereocenters. The van der Waals surface area contributed by atoms with Crippen molar-refractivity contribution in [1.82, 2.24) is 9.80 Å². The van der Waals surface area contributed by atoms with Gasteiger partial charge in [0.25, 0.3) is 0 Å². The van der Waals surface area contributed by atoms with E-state index in [4.69, 9.17) is 4.74 Å². The zero-order valence-corrected chi connectivity index (χ0v) is 13.4. The number of esters is 1. The molecule has 0 aromatic rings. The Morgan fingerprint density at radius 2 is 1.83 bits per heavy atom. The molecule has 3 aliphatic rings. The third-order valence-corrected chi connectivity index (χ3v) is 4.81. The van der Waals surface area contributed by atoms with Crippen LogP contribution in [0, 0.1) is 11.3 Å². The number of nitrogens with zero attached hydrogens (tertiary/aromatic N) is 2. The molecule has 3 fully saturated rings. The number of amides is 1. The van der Waals surface area contributed by atoms with Crippen LogP contribution in [-0.4, -0.2) is 59.3 Å². The van der Waals surface area contributed by atoms with E-state index in [2.05, 4.69) is 0 Å². The van der Waals surface area contributed by atoms with Crippen LogP contribution in [0.15, 0.2) is 0 Å². The van der Waals surface area contributed by atoms with E-state index in [9.17, 15) is 22.8 Å². The molecular formula is C15H21F3N2O3. The minimum Gasteiger partial charge on any atom is -0.444 e. The van der Waals surface area contributed by atoms with Gasteiger partial charge < -0.3 is 9.64 Å². The van der Waals surface area contributed by atoms with Crippen molar-refractivity contribution in [3.05, 3.63) is 0 Å². The number of fused-ring (bicyclic) bond motifs is 1. The van der Waals surface area contributed by atoms with Crippen molar-refractivity contribution in [2.75, 3.05) is 13.1 Å². The lowest BCUT2D eigenvalue weighted by Crippen LogP contribution is -2.73. The van der Waals surface area contributed by atoms with Crippen molar-refractivity contribution in [2.24, 2.45) is 11.3 Å². The predicted octanol–water partition coefficient (Wildman–Crippen LogP) is 1.77. The fraction of sp³-hybridized carbons (Fsp3) is 0.867. The van der Waals surface area contributed by atoms with Gasteiger partial charge in [0.15, 0.2) is 6.23 Å². The average molecular weight is 334 g/mol. The normalized spacial score (nSPS) is 33.4. The van der Waals surface area contributed by atoms with Crippen LogP contribution in [0.3, 0.4) is 0 Å². The summed E-state index contributed by atoms with van der Waals surface area (Å²) in [5, 5.41) is 0. The number of hydrogen-bond donors (Lipinski definition) is 0. The van der Waals surface area contributed by atoms with Gasteiger partial charge in [-0.1, -0.05) is 0 Å². The average Bonchev–Trinajstić information content (AvgIpc) is 2.54.